The van der Waals surface area contributed by atoms with Gasteiger partial charge in [-0.2, -0.15) is 0 Å². The second-order valence-corrected chi connectivity index (χ2v) is 3.91. The van der Waals surface area contributed by atoms with Crippen molar-refractivity contribution in [1.82, 2.24) is 4.98 Å². The average molecular weight is 230 g/mol. The van der Waals surface area contributed by atoms with Crippen molar-refractivity contribution in [3.8, 4) is 5.75 Å². The minimum absolute atomic E-state index is 0.823. The number of methoxy groups -OCH3 is 1. The number of para-hydroxylation sites is 1. The molecule has 17 heavy (non-hydrogen) atoms. The molecule has 0 aliphatic rings. The van der Waals surface area contributed by atoms with Crippen LogP contribution in [0.3, 0.4) is 0 Å². The number of rotatable bonds is 4. The Bertz CT molecular complexity index is 523. The van der Waals surface area contributed by atoms with Crippen molar-refractivity contribution in [3.63, 3.8) is 0 Å². The van der Waals surface area contributed by atoms with Gasteiger partial charge in [-0.15, -0.1) is 0 Å². The van der Waals surface area contributed by atoms with Gasteiger partial charge in [-0.3, -0.25) is 0 Å². The first-order valence-corrected chi connectivity index (χ1v) is 6.00. The van der Waals surface area contributed by atoms with E-state index < -0.39 is 0 Å². The molecule has 1 N–H and O–H groups in total. The minimum atomic E-state index is 0.823. The largest absolute Gasteiger partial charge is 0.494 e. The lowest BCUT2D eigenvalue weighted by molar-refractivity contribution is 0.419. The van der Waals surface area contributed by atoms with Gasteiger partial charge in [0, 0.05) is 11.9 Å². The maximum Gasteiger partial charge on any atom is 0.145 e. The maximum atomic E-state index is 5.34. The van der Waals surface area contributed by atoms with Crippen LogP contribution < -0.4 is 10.1 Å². The van der Waals surface area contributed by atoms with Crippen LogP contribution in [-0.4, -0.2) is 18.6 Å². The van der Waals surface area contributed by atoms with Crippen LogP contribution in [0.15, 0.2) is 24.3 Å². The fraction of sp³-hybridized carbons (Fsp3) is 0.357. The molecule has 0 saturated heterocycles. The molecular formula is C14H18N2O. The van der Waals surface area contributed by atoms with Gasteiger partial charge in [-0.25, -0.2) is 4.98 Å². The van der Waals surface area contributed by atoms with Crippen LogP contribution in [0, 0.1) is 0 Å². The first-order chi connectivity index (χ1) is 8.30. The zero-order chi connectivity index (χ0) is 12.3. The van der Waals surface area contributed by atoms with E-state index in [-0.39, 0.29) is 0 Å². The Hall–Kier alpha value is -1.77. The van der Waals surface area contributed by atoms with E-state index in [0.717, 1.165) is 35.4 Å². The number of hydrogen-bond donors (Lipinski definition) is 1. The molecule has 0 bridgehead atoms. The summed E-state index contributed by atoms with van der Waals surface area (Å²) < 4.78 is 5.34. The standard InChI is InChI=1S/C14H18N2O/c1-4-10-9-11-7-6-8-12(17-3)13(11)16-14(10)15-5-2/h6-9H,4-5H2,1-3H3,(H,15,16). The van der Waals surface area contributed by atoms with Crippen molar-refractivity contribution in [2.45, 2.75) is 20.3 Å². The van der Waals surface area contributed by atoms with Crippen LogP contribution >= 0.6 is 0 Å². The Morgan fingerprint density at radius 1 is 1.29 bits per heavy atom. The van der Waals surface area contributed by atoms with E-state index in [1.807, 2.05) is 12.1 Å². The van der Waals surface area contributed by atoms with E-state index in [0.29, 0.717) is 0 Å². The molecule has 0 unspecified atom stereocenters. The molecule has 0 aliphatic heterocycles. The van der Waals surface area contributed by atoms with Gasteiger partial charge in [0.2, 0.25) is 0 Å². The first kappa shape index (κ1) is 11.7. The quantitative estimate of drug-likeness (QED) is 0.875. The summed E-state index contributed by atoms with van der Waals surface area (Å²) in [6.07, 6.45) is 0.975. The summed E-state index contributed by atoms with van der Waals surface area (Å²) in [6.45, 7) is 5.10. The summed E-state index contributed by atoms with van der Waals surface area (Å²) in [4.78, 5) is 4.67. The third-order valence-corrected chi connectivity index (χ3v) is 2.83. The third-order valence-electron chi connectivity index (χ3n) is 2.83. The van der Waals surface area contributed by atoms with Gasteiger partial charge in [0.1, 0.15) is 17.1 Å². The molecular weight excluding hydrogens is 212 g/mol. The molecule has 0 saturated carbocycles. The molecule has 0 fully saturated rings. The van der Waals surface area contributed by atoms with Gasteiger partial charge in [-0.1, -0.05) is 19.1 Å². The van der Waals surface area contributed by atoms with Crippen LogP contribution in [0.25, 0.3) is 10.9 Å². The average Bonchev–Trinajstić information content (AvgIpc) is 2.37. The van der Waals surface area contributed by atoms with Gasteiger partial charge in [-0.05, 0) is 31.0 Å². The van der Waals surface area contributed by atoms with E-state index in [1.165, 1.54) is 5.56 Å². The minimum Gasteiger partial charge on any atom is -0.494 e. The van der Waals surface area contributed by atoms with Gasteiger partial charge in [0.05, 0.1) is 7.11 Å². The van der Waals surface area contributed by atoms with Gasteiger partial charge in [0.15, 0.2) is 0 Å². The predicted octanol–water partition coefficient (Wildman–Crippen LogP) is 3.24. The number of aryl methyl sites for hydroxylation is 1. The SMILES string of the molecule is CCNc1nc2c(OC)cccc2cc1CC. The predicted molar refractivity (Wildman–Crippen MR) is 71.8 cm³/mol. The molecule has 0 amide bonds. The number of hydrogen-bond acceptors (Lipinski definition) is 3. The summed E-state index contributed by atoms with van der Waals surface area (Å²) in [5, 5.41) is 4.43. The van der Waals surface area contributed by atoms with E-state index >= 15 is 0 Å². The molecule has 0 spiro atoms. The zero-order valence-electron chi connectivity index (χ0n) is 10.6. The number of aromatic nitrogens is 1. The zero-order valence-corrected chi connectivity index (χ0v) is 10.6. The van der Waals surface area contributed by atoms with Gasteiger partial charge in [0.25, 0.3) is 0 Å². The molecule has 0 atom stereocenters. The Labute approximate surface area is 102 Å². The Morgan fingerprint density at radius 2 is 2.12 bits per heavy atom. The molecule has 1 heterocycles. The molecule has 0 radical (unpaired) electrons. The Morgan fingerprint density at radius 3 is 2.76 bits per heavy atom. The molecule has 1 aromatic carbocycles. The lowest BCUT2D eigenvalue weighted by Crippen LogP contribution is -2.03. The van der Waals surface area contributed by atoms with E-state index in [9.17, 15) is 0 Å². The van der Waals surface area contributed by atoms with Crippen LogP contribution in [0.2, 0.25) is 0 Å². The van der Waals surface area contributed by atoms with E-state index in [4.69, 9.17) is 4.74 Å². The van der Waals surface area contributed by atoms with Crippen molar-refractivity contribution in [2.75, 3.05) is 19.0 Å². The number of anilines is 1. The highest BCUT2D eigenvalue weighted by atomic mass is 16.5. The van der Waals surface area contributed by atoms with Crippen LogP contribution in [0.1, 0.15) is 19.4 Å². The molecule has 3 nitrogen and oxygen atoms in total. The number of benzene rings is 1. The van der Waals surface area contributed by atoms with Crippen LogP contribution in [-0.2, 0) is 6.42 Å². The van der Waals surface area contributed by atoms with Crippen molar-refractivity contribution in [2.24, 2.45) is 0 Å². The van der Waals surface area contributed by atoms with Crippen LogP contribution in [0.5, 0.6) is 5.75 Å². The van der Waals surface area contributed by atoms with Crippen molar-refractivity contribution in [1.29, 1.82) is 0 Å². The fourth-order valence-electron chi connectivity index (χ4n) is 1.97. The van der Waals surface area contributed by atoms with Crippen molar-refractivity contribution < 1.29 is 4.74 Å². The topological polar surface area (TPSA) is 34.2 Å². The van der Waals surface area contributed by atoms with Crippen molar-refractivity contribution in [3.05, 3.63) is 29.8 Å². The first-order valence-electron chi connectivity index (χ1n) is 6.00. The molecule has 2 aromatic rings. The second kappa shape index (κ2) is 5.04. The summed E-state index contributed by atoms with van der Waals surface area (Å²) >= 11 is 0. The summed E-state index contributed by atoms with van der Waals surface area (Å²) in [5.41, 5.74) is 2.16. The number of nitrogens with zero attached hydrogens (tertiary/aromatic N) is 1. The highest BCUT2D eigenvalue weighted by Crippen LogP contribution is 2.27. The third kappa shape index (κ3) is 2.18. The van der Waals surface area contributed by atoms with Crippen LogP contribution in [0.4, 0.5) is 5.82 Å². The monoisotopic (exact) mass is 230 g/mol. The molecule has 90 valence electrons. The van der Waals surface area contributed by atoms with Gasteiger partial charge < -0.3 is 10.1 Å². The van der Waals surface area contributed by atoms with E-state index in [2.05, 4.69) is 36.3 Å². The molecule has 2 rings (SSSR count). The summed E-state index contributed by atoms with van der Waals surface area (Å²) in [5.74, 6) is 1.79. The smallest absolute Gasteiger partial charge is 0.145 e. The highest BCUT2D eigenvalue weighted by Gasteiger charge is 2.08. The lowest BCUT2D eigenvalue weighted by Gasteiger charge is -2.11. The summed E-state index contributed by atoms with van der Waals surface area (Å²) in [6, 6.07) is 8.19. The fourth-order valence-corrected chi connectivity index (χ4v) is 1.97. The maximum absolute atomic E-state index is 5.34. The van der Waals surface area contributed by atoms with Gasteiger partial charge >= 0.3 is 0 Å². The normalized spacial score (nSPS) is 10.5. The number of nitrogens with one attached hydrogen (secondary N) is 1. The second-order valence-electron chi connectivity index (χ2n) is 3.91. The number of ether oxygens (including phenoxy) is 1. The Balaban J connectivity index is 2.65. The highest BCUT2D eigenvalue weighted by molar-refractivity contribution is 5.87. The Kier molecular flexibility index (Phi) is 3.47. The molecule has 3 heteroatoms. The lowest BCUT2D eigenvalue weighted by atomic mass is 10.1. The van der Waals surface area contributed by atoms with Crippen molar-refractivity contribution >= 4 is 16.7 Å². The number of pyridine rings is 1. The number of fused-ring (bicyclic) bond motifs is 1. The molecule has 0 aliphatic carbocycles. The summed E-state index contributed by atoms with van der Waals surface area (Å²) in [7, 11) is 1.68. The molecule has 1 aromatic heterocycles. The van der Waals surface area contributed by atoms with E-state index in [1.54, 1.807) is 7.11 Å².